The summed E-state index contributed by atoms with van der Waals surface area (Å²) in [4.78, 5) is 24.8. The lowest BCUT2D eigenvalue weighted by Gasteiger charge is -2.38. The van der Waals surface area contributed by atoms with Gasteiger partial charge in [-0.25, -0.2) is 9.59 Å². The molecule has 1 aliphatic heterocycles. The summed E-state index contributed by atoms with van der Waals surface area (Å²) in [5, 5.41) is 7.90. The number of anilines is 2. The molecule has 0 aliphatic carbocycles. The van der Waals surface area contributed by atoms with Gasteiger partial charge in [0.15, 0.2) is 0 Å². The third-order valence-corrected chi connectivity index (χ3v) is 4.87. The minimum atomic E-state index is -4.52. The molecule has 2 aromatic carbocycles. The molecule has 0 spiro atoms. The number of hydrogen-bond donors (Lipinski definition) is 3. The number of rotatable bonds is 3. The van der Waals surface area contributed by atoms with Crippen LogP contribution in [0.2, 0.25) is 0 Å². The van der Waals surface area contributed by atoms with Crippen molar-refractivity contribution in [3.05, 3.63) is 53.6 Å². The fraction of sp³-hybridized carbons (Fsp3) is 0.417. The van der Waals surface area contributed by atoms with Crippen LogP contribution in [-0.2, 0) is 10.9 Å². The molecule has 0 saturated heterocycles. The third kappa shape index (κ3) is 6.79. The molecule has 184 valence electrons. The van der Waals surface area contributed by atoms with Gasteiger partial charge in [-0.2, -0.15) is 13.2 Å². The Balaban J connectivity index is 1.78. The van der Waals surface area contributed by atoms with Crippen LogP contribution in [0.25, 0.3) is 0 Å². The van der Waals surface area contributed by atoms with E-state index >= 15 is 0 Å². The molecule has 0 saturated carbocycles. The van der Waals surface area contributed by atoms with Crippen molar-refractivity contribution in [2.24, 2.45) is 0 Å². The van der Waals surface area contributed by atoms with Crippen LogP contribution >= 0.6 is 0 Å². The number of alkyl halides is 3. The molecule has 0 fully saturated rings. The molecule has 3 N–H and O–H groups in total. The molecule has 10 heteroatoms. The summed E-state index contributed by atoms with van der Waals surface area (Å²) in [6, 6.07) is 8.21. The predicted octanol–water partition coefficient (Wildman–Crippen LogP) is 6.48. The molecular weight excluding hydrogens is 451 g/mol. The van der Waals surface area contributed by atoms with Crippen LogP contribution in [-0.4, -0.2) is 23.3 Å². The number of benzene rings is 2. The first-order valence-corrected chi connectivity index (χ1v) is 10.7. The Morgan fingerprint density at radius 1 is 1.03 bits per heavy atom. The van der Waals surface area contributed by atoms with Crippen molar-refractivity contribution in [1.29, 1.82) is 0 Å². The van der Waals surface area contributed by atoms with Gasteiger partial charge in [-0.3, -0.25) is 5.32 Å². The summed E-state index contributed by atoms with van der Waals surface area (Å²) in [7, 11) is 0. The van der Waals surface area contributed by atoms with Gasteiger partial charge in [-0.1, -0.05) is 6.07 Å². The maximum absolute atomic E-state index is 13.0. The number of carbonyl (C=O) groups excluding carboxylic acids is 2. The number of fused-ring (bicyclic) bond motifs is 1. The fourth-order valence-corrected chi connectivity index (χ4v) is 3.58. The van der Waals surface area contributed by atoms with Gasteiger partial charge in [-0.05, 0) is 71.0 Å². The van der Waals surface area contributed by atoms with Crippen LogP contribution in [0.15, 0.2) is 42.5 Å². The largest absolute Gasteiger partial charge is 0.487 e. The maximum Gasteiger partial charge on any atom is 0.416 e. The van der Waals surface area contributed by atoms with Gasteiger partial charge in [0, 0.05) is 23.4 Å². The number of amides is 3. The van der Waals surface area contributed by atoms with E-state index in [0.717, 1.165) is 12.1 Å². The summed E-state index contributed by atoms with van der Waals surface area (Å²) in [5.41, 5.74) is -1.06. The summed E-state index contributed by atoms with van der Waals surface area (Å²) in [6.45, 7) is 8.97. The smallest absolute Gasteiger partial charge is 0.416 e. The number of carbonyl (C=O) groups is 2. The van der Waals surface area contributed by atoms with Gasteiger partial charge in [-0.15, -0.1) is 0 Å². The second-order valence-corrected chi connectivity index (χ2v) is 9.67. The number of nitrogens with one attached hydrogen (secondary N) is 3. The highest BCUT2D eigenvalue weighted by molar-refractivity contribution is 5.90. The van der Waals surface area contributed by atoms with E-state index in [4.69, 9.17) is 9.47 Å². The molecule has 2 aromatic rings. The number of halogens is 3. The van der Waals surface area contributed by atoms with E-state index in [9.17, 15) is 22.8 Å². The molecule has 34 heavy (non-hydrogen) atoms. The summed E-state index contributed by atoms with van der Waals surface area (Å²) in [6.07, 6.45) is -4.75. The first kappa shape index (κ1) is 25.2. The molecule has 7 nitrogen and oxygen atoms in total. The Morgan fingerprint density at radius 3 is 2.35 bits per heavy atom. The molecule has 3 rings (SSSR count). The predicted molar refractivity (Wildman–Crippen MR) is 122 cm³/mol. The van der Waals surface area contributed by atoms with Gasteiger partial charge >= 0.3 is 18.3 Å². The van der Waals surface area contributed by atoms with Gasteiger partial charge in [0.1, 0.15) is 17.0 Å². The van der Waals surface area contributed by atoms with E-state index in [-0.39, 0.29) is 5.69 Å². The van der Waals surface area contributed by atoms with Gasteiger partial charge in [0.2, 0.25) is 0 Å². The minimum Gasteiger partial charge on any atom is -0.487 e. The zero-order valence-corrected chi connectivity index (χ0v) is 19.6. The van der Waals surface area contributed by atoms with Gasteiger partial charge < -0.3 is 20.1 Å². The molecular formula is C24H28F3N3O4. The molecule has 0 bridgehead atoms. The Kier molecular flexibility index (Phi) is 6.73. The lowest BCUT2D eigenvalue weighted by atomic mass is 9.89. The first-order valence-electron chi connectivity index (χ1n) is 10.7. The van der Waals surface area contributed by atoms with E-state index in [2.05, 4.69) is 16.0 Å². The van der Waals surface area contributed by atoms with E-state index in [0.29, 0.717) is 23.4 Å². The minimum absolute atomic E-state index is 0.0132. The van der Waals surface area contributed by atoms with Crippen LogP contribution in [0, 0.1) is 0 Å². The summed E-state index contributed by atoms with van der Waals surface area (Å²) >= 11 is 0. The molecule has 1 heterocycles. The molecule has 3 amide bonds. The monoisotopic (exact) mass is 479 g/mol. The van der Waals surface area contributed by atoms with Crippen LogP contribution in [0.3, 0.4) is 0 Å². The quantitative estimate of drug-likeness (QED) is 0.470. The Morgan fingerprint density at radius 2 is 1.71 bits per heavy atom. The van der Waals surface area contributed by atoms with E-state index in [1.807, 2.05) is 13.8 Å². The lowest BCUT2D eigenvalue weighted by molar-refractivity contribution is -0.137. The SMILES string of the molecule is CC(C)(C)OC(=O)Nc1ccc2c(c1)[C@@H](NC(=O)Nc1cccc(C(F)(F)F)c1)CC(C)(C)O2. The normalized spacial score (nSPS) is 17.1. The van der Waals surface area contributed by atoms with Crippen molar-refractivity contribution < 1.29 is 32.2 Å². The number of urea groups is 1. The molecule has 0 unspecified atom stereocenters. The first-order chi connectivity index (χ1) is 15.6. The molecule has 0 radical (unpaired) electrons. The van der Waals surface area contributed by atoms with Crippen molar-refractivity contribution in [3.8, 4) is 5.75 Å². The van der Waals surface area contributed by atoms with Gasteiger partial charge in [0.05, 0.1) is 11.6 Å². The fourth-order valence-electron chi connectivity index (χ4n) is 3.58. The zero-order valence-electron chi connectivity index (χ0n) is 19.6. The lowest BCUT2D eigenvalue weighted by Crippen LogP contribution is -2.42. The summed E-state index contributed by atoms with van der Waals surface area (Å²) < 4.78 is 50.2. The van der Waals surface area contributed by atoms with Crippen LogP contribution in [0.1, 0.15) is 58.2 Å². The Labute approximate surface area is 196 Å². The number of ether oxygens (including phenoxy) is 2. The van der Waals surface area contributed by atoms with E-state index in [1.54, 1.807) is 39.0 Å². The van der Waals surface area contributed by atoms with E-state index in [1.165, 1.54) is 12.1 Å². The van der Waals surface area contributed by atoms with Crippen molar-refractivity contribution in [3.63, 3.8) is 0 Å². The average Bonchev–Trinajstić information content (AvgIpc) is 2.65. The van der Waals surface area contributed by atoms with Crippen LogP contribution < -0.4 is 20.7 Å². The highest BCUT2D eigenvalue weighted by atomic mass is 19.4. The highest BCUT2D eigenvalue weighted by Crippen LogP contribution is 2.41. The number of hydrogen-bond acceptors (Lipinski definition) is 4. The zero-order chi connectivity index (χ0) is 25.3. The van der Waals surface area contributed by atoms with Crippen LogP contribution in [0.5, 0.6) is 5.75 Å². The average molecular weight is 479 g/mol. The second-order valence-electron chi connectivity index (χ2n) is 9.67. The van der Waals surface area contributed by atoms with Gasteiger partial charge in [0.25, 0.3) is 0 Å². The van der Waals surface area contributed by atoms with Crippen LogP contribution in [0.4, 0.5) is 34.1 Å². The van der Waals surface area contributed by atoms with Crippen molar-refractivity contribution >= 4 is 23.5 Å². The van der Waals surface area contributed by atoms with Crippen molar-refractivity contribution in [2.75, 3.05) is 10.6 Å². The third-order valence-electron chi connectivity index (χ3n) is 4.87. The highest BCUT2D eigenvalue weighted by Gasteiger charge is 2.35. The molecule has 1 atom stereocenters. The maximum atomic E-state index is 13.0. The molecule has 1 aliphatic rings. The van der Waals surface area contributed by atoms with E-state index < -0.39 is 41.1 Å². The second kappa shape index (κ2) is 9.08. The standard InChI is InChI=1S/C24H28F3N3O4/c1-22(2,3)34-21(32)29-16-9-10-19-17(12-16)18(13-23(4,5)33-19)30-20(31)28-15-8-6-7-14(11-15)24(25,26)27/h6-12,18H,13H2,1-5H3,(H,29,32)(H2,28,30,31)/t18-/m0/s1. The van der Waals surface area contributed by atoms with Crippen molar-refractivity contribution in [2.45, 2.75) is 64.5 Å². The molecule has 0 aromatic heterocycles. The Bertz CT molecular complexity index is 1080. The summed E-state index contributed by atoms with van der Waals surface area (Å²) in [5.74, 6) is 0.523. The Hall–Kier alpha value is -3.43. The van der Waals surface area contributed by atoms with Crippen molar-refractivity contribution in [1.82, 2.24) is 5.32 Å². The topological polar surface area (TPSA) is 88.7 Å².